The van der Waals surface area contributed by atoms with E-state index < -0.39 is 0 Å². The van der Waals surface area contributed by atoms with Crippen LogP contribution in [0.15, 0.2) is 140 Å². The van der Waals surface area contributed by atoms with Crippen LogP contribution in [-0.4, -0.2) is 14.5 Å². The van der Waals surface area contributed by atoms with Gasteiger partial charge in [0.1, 0.15) is 0 Å². The van der Waals surface area contributed by atoms with Crippen molar-refractivity contribution < 1.29 is 0 Å². The fourth-order valence-corrected chi connectivity index (χ4v) is 9.12. The topological polar surface area (TPSA) is 30.7 Å². The Morgan fingerprint density at radius 1 is 0.422 bits per heavy atom. The Labute approximate surface area is 266 Å². The molecule has 10 rings (SSSR count). The maximum absolute atomic E-state index is 5.32. The summed E-state index contributed by atoms with van der Waals surface area (Å²) in [5.41, 5.74) is 6.18. The van der Waals surface area contributed by atoms with Gasteiger partial charge < -0.3 is 0 Å². The van der Waals surface area contributed by atoms with Gasteiger partial charge in [-0.1, -0.05) is 97.1 Å². The van der Waals surface area contributed by atoms with Crippen LogP contribution >= 0.6 is 22.7 Å². The molecular formula is C40H23N3S2. The number of hydrogen-bond donors (Lipinski definition) is 0. The summed E-state index contributed by atoms with van der Waals surface area (Å²) >= 11 is 3.70. The predicted octanol–water partition coefficient (Wildman–Crippen LogP) is 11.6. The summed E-state index contributed by atoms with van der Waals surface area (Å²) in [6.07, 6.45) is 0. The SMILES string of the molecule is c1ccc(-c2cc(-c3ccc4sc5ccccc5c4c3)nc(-n3c4ccccc4c4c5sc6ccccc6c5ccc43)n2)cc1. The van der Waals surface area contributed by atoms with Gasteiger partial charge in [0.25, 0.3) is 0 Å². The maximum Gasteiger partial charge on any atom is 0.235 e. The third kappa shape index (κ3) is 3.75. The number of rotatable bonds is 3. The highest BCUT2D eigenvalue weighted by Gasteiger charge is 2.20. The molecule has 4 heterocycles. The quantitative estimate of drug-likeness (QED) is 0.199. The molecule has 0 saturated heterocycles. The lowest BCUT2D eigenvalue weighted by Crippen LogP contribution is -2.03. The summed E-state index contributed by atoms with van der Waals surface area (Å²) in [6.45, 7) is 0. The first-order valence-corrected chi connectivity index (χ1v) is 16.6. The molecule has 5 heteroatoms. The molecule has 4 aromatic heterocycles. The molecule has 3 nitrogen and oxygen atoms in total. The van der Waals surface area contributed by atoms with E-state index in [2.05, 4.69) is 138 Å². The molecule has 0 aliphatic heterocycles. The molecule has 0 aliphatic carbocycles. The molecule has 0 atom stereocenters. The minimum Gasteiger partial charge on any atom is -0.278 e. The lowest BCUT2D eigenvalue weighted by molar-refractivity contribution is 0.996. The molecule has 0 radical (unpaired) electrons. The van der Waals surface area contributed by atoms with Crippen molar-refractivity contribution in [3.05, 3.63) is 140 Å². The second-order valence-corrected chi connectivity index (χ2v) is 13.5. The number of fused-ring (bicyclic) bond motifs is 10. The summed E-state index contributed by atoms with van der Waals surface area (Å²) in [5.74, 6) is 0.674. The molecule has 0 spiro atoms. The smallest absolute Gasteiger partial charge is 0.235 e. The van der Waals surface area contributed by atoms with Crippen molar-refractivity contribution in [2.24, 2.45) is 0 Å². The highest BCUT2D eigenvalue weighted by Crippen LogP contribution is 2.43. The van der Waals surface area contributed by atoms with Crippen LogP contribution in [-0.2, 0) is 0 Å². The number of para-hydroxylation sites is 1. The van der Waals surface area contributed by atoms with Crippen LogP contribution in [0.3, 0.4) is 0 Å². The molecule has 10 aromatic rings. The molecule has 0 bridgehead atoms. The fraction of sp³-hybridized carbons (Fsp3) is 0. The van der Waals surface area contributed by atoms with E-state index in [1.165, 1.54) is 51.1 Å². The molecule has 0 aliphatic rings. The van der Waals surface area contributed by atoms with Crippen LogP contribution in [0.5, 0.6) is 0 Å². The summed E-state index contributed by atoms with van der Waals surface area (Å²) in [6, 6.07) is 49.8. The summed E-state index contributed by atoms with van der Waals surface area (Å²) in [4.78, 5) is 10.6. The Bertz CT molecular complexity index is 2770. The summed E-state index contributed by atoms with van der Waals surface area (Å²) in [7, 11) is 0. The number of aromatic nitrogens is 3. The normalized spacial score (nSPS) is 12.0. The largest absolute Gasteiger partial charge is 0.278 e. The van der Waals surface area contributed by atoms with Crippen molar-refractivity contribution in [1.82, 2.24) is 14.5 Å². The van der Waals surface area contributed by atoms with Gasteiger partial charge in [0.15, 0.2) is 0 Å². The third-order valence-electron chi connectivity index (χ3n) is 8.84. The van der Waals surface area contributed by atoms with Crippen LogP contribution in [0.2, 0.25) is 0 Å². The number of benzene rings is 6. The van der Waals surface area contributed by atoms with Crippen molar-refractivity contribution in [2.75, 3.05) is 0 Å². The lowest BCUT2D eigenvalue weighted by atomic mass is 10.0. The van der Waals surface area contributed by atoms with Crippen molar-refractivity contribution in [3.63, 3.8) is 0 Å². The summed E-state index contributed by atoms with van der Waals surface area (Å²) < 4.78 is 7.45. The second-order valence-electron chi connectivity index (χ2n) is 11.4. The first-order chi connectivity index (χ1) is 22.3. The number of thiophene rings is 2. The van der Waals surface area contributed by atoms with E-state index in [-0.39, 0.29) is 0 Å². The molecule has 0 unspecified atom stereocenters. The van der Waals surface area contributed by atoms with Gasteiger partial charge in [0, 0.05) is 62.2 Å². The fourth-order valence-electron chi connectivity index (χ4n) is 6.77. The Morgan fingerprint density at radius 3 is 1.89 bits per heavy atom. The predicted molar refractivity (Wildman–Crippen MR) is 193 cm³/mol. The molecular weight excluding hydrogens is 587 g/mol. The van der Waals surface area contributed by atoms with Gasteiger partial charge in [-0.3, -0.25) is 4.57 Å². The van der Waals surface area contributed by atoms with Gasteiger partial charge in [0.2, 0.25) is 5.95 Å². The Morgan fingerprint density at radius 2 is 1.07 bits per heavy atom. The zero-order valence-electron chi connectivity index (χ0n) is 23.9. The minimum atomic E-state index is 0.674. The first-order valence-electron chi connectivity index (χ1n) is 15.0. The van der Waals surface area contributed by atoms with Crippen LogP contribution in [0.1, 0.15) is 0 Å². The van der Waals surface area contributed by atoms with Crippen LogP contribution in [0.4, 0.5) is 0 Å². The standard InChI is InChI=1S/C40H23N3S2/c1-2-10-24(11-3-1)31-23-32(25-18-21-37-30(22-25)27-13-6-8-16-35(27)44-37)42-40(41-31)43-33-15-7-4-14-29(33)38-34(43)20-19-28-26-12-5-9-17-36(26)45-39(28)38/h1-23H. The van der Waals surface area contributed by atoms with E-state index in [0.717, 1.165) is 33.5 Å². The Balaban J connectivity index is 1.28. The molecule has 0 amide bonds. The highest BCUT2D eigenvalue weighted by molar-refractivity contribution is 7.27. The van der Waals surface area contributed by atoms with E-state index >= 15 is 0 Å². The van der Waals surface area contributed by atoms with Crippen molar-refractivity contribution in [2.45, 2.75) is 0 Å². The van der Waals surface area contributed by atoms with Crippen LogP contribution < -0.4 is 0 Å². The van der Waals surface area contributed by atoms with E-state index in [1.807, 2.05) is 28.7 Å². The Kier molecular flexibility index (Phi) is 5.32. The van der Waals surface area contributed by atoms with Gasteiger partial charge in [-0.2, -0.15) is 0 Å². The molecule has 6 aromatic carbocycles. The molecule has 0 fully saturated rings. The monoisotopic (exact) mass is 609 g/mol. The van der Waals surface area contributed by atoms with E-state index in [0.29, 0.717) is 5.95 Å². The van der Waals surface area contributed by atoms with Crippen molar-refractivity contribution in [3.8, 4) is 28.5 Å². The highest BCUT2D eigenvalue weighted by atomic mass is 32.1. The van der Waals surface area contributed by atoms with Crippen LogP contribution in [0.25, 0.3) is 90.6 Å². The molecule has 210 valence electrons. The second kappa shape index (κ2) is 9.57. The lowest BCUT2D eigenvalue weighted by Gasteiger charge is -2.12. The van der Waals surface area contributed by atoms with Crippen LogP contribution in [0, 0.1) is 0 Å². The molecule has 45 heavy (non-hydrogen) atoms. The zero-order valence-corrected chi connectivity index (χ0v) is 25.6. The van der Waals surface area contributed by atoms with Crippen molar-refractivity contribution >= 4 is 84.8 Å². The van der Waals surface area contributed by atoms with Gasteiger partial charge >= 0.3 is 0 Å². The average molecular weight is 610 g/mol. The van der Waals surface area contributed by atoms with Crippen molar-refractivity contribution in [1.29, 1.82) is 0 Å². The average Bonchev–Trinajstić information content (AvgIpc) is 3.77. The molecule has 0 N–H and O–H groups in total. The van der Waals surface area contributed by atoms with Gasteiger partial charge in [0.05, 0.1) is 22.4 Å². The minimum absolute atomic E-state index is 0.674. The first kappa shape index (κ1) is 25.0. The van der Waals surface area contributed by atoms with E-state index in [9.17, 15) is 0 Å². The maximum atomic E-state index is 5.32. The third-order valence-corrected chi connectivity index (χ3v) is 11.2. The summed E-state index contributed by atoms with van der Waals surface area (Å²) in [5, 5.41) is 7.61. The zero-order chi connectivity index (χ0) is 29.5. The molecule has 0 saturated carbocycles. The van der Waals surface area contributed by atoms with Gasteiger partial charge in [-0.15, -0.1) is 22.7 Å². The number of hydrogen-bond acceptors (Lipinski definition) is 4. The van der Waals surface area contributed by atoms with E-state index in [1.54, 1.807) is 0 Å². The number of nitrogens with zero attached hydrogens (tertiary/aromatic N) is 3. The van der Waals surface area contributed by atoms with Gasteiger partial charge in [-0.05, 0) is 42.5 Å². The Hall–Kier alpha value is -5.36. The van der Waals surface area contributed by atoms with Gasteiger partial charge in [-0.25, -0.2) is 9.97 Å². The van der Waals surface area contributed by atoms with E-state index in [4.69, 9.17) is 9.97 Å².